The summed E-state index contributed by atoms with van der Waals surface area (Å²) < 4.78 is 24.6. The van der Waals surface area contributed by atoms with E-state index in [0.717, 1.165) is 0 Å². The number of benzene rings is 2. The molecule has 0 aliphatic heterocycles. The monoisotopic (exact) mass is 320 g/mol. The Hall–Kier alpha value is -2.13. The third-order valence-corrected chi connectivity index (χ3v) is 5.58. The zero-order chi connectivity index (χ0) is 16.4. The minimum atomic E-state index is -3.46. The van der Waals surface area contributed by atoms with Crippen LogP contribution in [0.3, 0.4) is 0 Å². The maximum Gasteiger partial charge on any atom is 0.435 e. The van der Waals surface area contributed by atoms with Gasteiger partial charge in [-0.05, 0) is 69.3 Å². The minimum Gasteiger partial charge on any atom is -0.416 e. The highest BCUT2D eigenvalue weighted by atomic mass is 31.2. The van der Waals surface area contributed by atoms with Crippen molar-refractivity contribution in [2.45, 2.75) is 25.9 Å². The van der Waals surface area contributed by atoms with Crippen molar-refractivity contribution in [3.63, 3.8) is 0 Å². The summed E-state index contributed by atoms with van der Waals surface area (Å²) in [6, 6.07) is 13.4. The molecule has 0 spiro atoms. The molecular weight excluding hydrogens is 299 g/mol. The van der Waals surface area contributed by atoms with Gasteiger partial charge in [-0.15, -0.1) is 0 Å². The van der Waals surface area contributed by atoms with Crippen LogP contribution in [-0.2, 0) is 4.57 Å². The lowest BCUT2D eigenvalue weighted by atomic mass is 10.3. The van der Waals surface area contributed by atoms with E-state index in [1.54, 1.807) is 48.5 Å². The summed E-state index contributed by atoms with van der Waals surface area (Å²) in [5.41, 5.74) is 12.5. The highest BCUT2D eigenvalue weighted by Gasteiger charge is 2.43. The molecule has 0 fully saturated rings. The molecule has 0 unspecified atom stereocenters. The molecule has 6 heteroatoms. The number of anilines is 2. The summed E-state index contributed by atoms with van der Waals surface area (Å²) in [7, 11) is -3.46. The first-order chi connectivity index (χ1) is 10.2. The lowest BCUT2D eigenvalue weighted by Gasteiger charge is -2.30. The molecule has 0 heterocycles. The molecule has 0 aliphatic carbocycles. The van der Waals surface area contributed by atoms with Gasteiger partial charge in [0.15, 0.2) is 0 Å². The molecule has 118 valence electrons. The Morgan fingerprint density at radius 2 is 1.09 bits per heavy atom. The van der Waals surface area contributed by atoms with E-state index in [1.165, 1.54) is 0 Å². The molecule has 0 bridgehead atoms. The number of rotatable bonds is 4. The second kappa shape index (κ2) is 5.93. The van der Waals surface area contributed by atoms with Crippen molar-refractivity contribution in [2.75, 3.05) is 11.5 Å². The summed E-state index contributed by atoms with van der Waals surface area (Å²) in [6.45, 7) is 5.42. The van der Waals surface area contributed by atoms with Crippen LogP contribution >= 0.6 is 7.60 Å². The molecule has 2 aromatic rings. The first-order valence-electron chi connectivity index (χ1n) is 6.90. The predicted octanol–water partition coefficient (Wildman–Crippen LogP) is 4.30. The molecule has 0 aliphatic rings. The molecule has 0 amide bonds. The second-order valence-corrected chi connectivity index (χ2v) is 8.69. The van der Waals surface area contributed by atoms with Gasteiger partial charge >= 0.3 is 7.60 Å². The predicted molar refractivity (Wildman–Crippen MR) is 90.3 cm³/mol. The Morgan fingerprint density at radius 3 is 1.36 bits per heavy atom. The molecule has 22 heavy (non-hydrogen) atoms. The standard InChI is InChI=1S/C16H21N2O3P/c1-16(2,3)22(19,20-14-8-4-12(17)5-9-14)21-15-10-6-13(18)7-11-15/h4-11H,17-18H2,1-3H3. The first kappa shape index (κ1) is 16.2. The van der Waals surface area contributed by atoms with Crippen LogP contribution < -0.4 is 20.5 Å². The molecule has 0 radical (unpaired) electrons. The molecule has 0 saturated heterocycles. The van der Waals surface area contributed by atoms with Gasteiger partial charge in [0, 0.05) is 11.4 Å². The topological polar surface area (TPSA) is 87.6 Å². The highest BCUT2D eigenvalue weighted by molar-refractivity contribution is 7.56. The fourth-order valence-electron chi connectivity index (χ4n) is 1.63. The summed E-state index contributed by atoms with van der Waals surface area (Å²) in [5, 5.41) is -0.699. The fourth-order valence-corrected chi connectivity index (χ4v) is 3.01. The van der Waals surface area contributed by atoms with Gasteiger partial charge in [-0.3, -0.25) is 0 Å². The number of hydrogen-bond donors (Lipinski definition) is 2. The van der Waals surface area contributed by atoms with Crippen molar-refractivity contribution in [3.05, 3.63) is 48.5 Å². The van der Waals surface area contributed by atoms with Gasteiger partial charge in [0.2, 0.25) is 0 Å². The smallest absolute Gasteiger partial charge is 0.416 e. The lowest BCUT2D eigenvalue weighted by molar-refractivity contribution is 0.356. The SMILES string of the molecule is CC(C)(C)P(=O)(Oc1ccc(N)cc1)Oc1ccc(N)cc1. The first-order valence-corrected chi connectivity index (χ1v) is 8.44. The third kappa shape index (κ3) is 3.74. The quantitative estimate of drug-likeness (QED) is 0.648. The molecule has 0 aromatic heterocycles. The maximum absolute atomic E-state index is 13.2. The van der Waals surface area contributed by atoms with Crippen molar-refractivity contribution < 1.29 is 13.6 Å². The van der Waals surface area contributed by atoms with E-state index < -0.39 is 12.8 Å². The average molecular weight is 320 g/mol. The van der Waals surface area contributed by atoms with Gasteiger partial charge in [0.1, 0.15) is 11.5 Å². The van der Waals surface area contributed by atoms with Gasteiger partial charge in [-0.25, -0.2) is 4.57 Å². The Labute approximate surface area is 130 Å². The molecule has 0 atom stereocenters. The van der Waals surface area contributed by atoms with E-state index in [4.69, 9.17) is 20.5 Å². The largest absolute Gasteiger partial charge is 0.435 e. The van der Waals surface area contributed by atoms with E-state index in [2.05, 4.69) is 0 Å². The van der Waals surface area contributed by atoms with Crippen LogP contribution in [0.15, 0.2) is 48.5 Å². The Morgan fingerprint density at radius 1 is 0.773 bits per heavy atom. The van der Waals surface area contributed by atoms with Crippen molar-refractivity contribution in [1.82, 2.24) is 0 Å². The molecule has 2 aromatic carbocycles. The van der Waals surface area contributed by atoms with Crippen LogP contribution in [0.2, 0.25) is 0 Å². The third-order valence-electron chi connectivity index (χ3n) is 3.03. The molecule has 2 rings (SSSR count). The summed E-state index contributed by atoms with van der Waals surface area (Å²) in [5.74, 6) is 0.894. The van der Waals surface area contributed by atoms with Crippen LogP contribution in [0.5, 0.6) is 11.5 Å². The highest BCUT2D eigenvalue weighted by Crippen LogP contribution is 2.58. The lowest BCUT2D eigenvalue weighted by Crippen LogP contribution is -2.22. The van der Waals surface area contributed by atoms with E-state index >= 15 is 0 Å². The van der Waals surface area contributed by atoms with Crippen LogP contribution in [-0.4, -0.2) is 5.16 Å². The molecule has 4 N–H and O–H groups in total. The van der Waals surface area contributed by atoms with Crippen molar-refractivity contribution in [2.24, 2.45) is 0 Å². The van der Waals surface area contributed by atoms with Crippen molar-refractivity contribution in [1.29, 1.82) is 0 Å². The summed E-state index contributed by atoms with van der Waals surface area (Å²) >= 11 is 0. The Balaban J connectivity index is 2.30. The molecular formula is C16H21N2O3P. The summed E-state index contributed by atoms with van der Waals surface area (Å²) in [4.78, 5) is 0. The van der Waals surface area contributed by atoms with Gasteiger partial charge in [-0.1, -0.05) is 0 Å². The normalized spacial score (nSPS) is 12.0. The number of nitrogens with two attached hydrogens (primary N) is 2. The zero-order valence-corrected chi connectivity index (χ0v) is 13.8. The molecule has 5 nitrogen and oxygen atoms in total. The van der Waals surface area contributed by atoms with E-state index in [0.29, 0.717) is 22.9 Å². The average Bonchev–Trinajstić information content (AvgIpc) is 2.43. The van der Waals surface area contributed by atoms with Crippen LogP contribution in [0.1, 0.15) is 20.8 Å². The van der Waals surface area contributed by atoms with Crippen molar-refractivity contribution >= 4 is 19.0 Å². The van der Waals surface area contributed by atoms with Crippen LogP contribution in [0.25, 0.3) is 0 Å². The van der Waals surface area contributed by atoms with Crippen LogP contribution in [0.4, 0.5) is 11.4 Å². The van der Waals surface area contributed by atoms with Crippen molar-refractivity contribution in [3.8, 4) is 11.5 Å². The second-order valence-electron chi connectivity index (χ2n) is 5.99. The van der Waals surface area contributed by atoms with Crippen LogP contribution in [0, 0.1) is 0 Å². The minimum absolute atomic E-state index is 0.447. The fraction of sp³-hybridized carbons (Fsp3) is 0.250. The van der Waals surface area contributed by atoms with E-state index in [-0.39, 0.29) is 0 Å². The van der Waals surface area contributed by atoms with E-state index in [9.17, 15) is 4.57 Å². The summed E-state index contributed by atoms with van der Waals surface area (Å²) in [6.07, 6.45) is 0. The number of nitrogen functional groups attached to an aromatic ring is 2. The van der Waals surface area contributed by atoms with E-state index in [1.807, 2.05) is 20.8 Å². The van der Waals surface area contributed by atoms with Gasteiger partial charge < -0.3 is 20.5 Å². The molecule has 0 saturated carbocycles. The zero-order valence-electron chi connectivity index (χ0n) is 12.9. The Kier molecular flexibility index (Phi) is 4.38. The van der Waals surface area contributed by atoms with Gasteiger partial charge in [-0.2, -0.15) is 0 Å². The Bertz CT molecular complexity index is 625. The maximum atomic E-state index is 13.2. The number of hydrogen-bond acceptors (Lipinski definition) is 5. The van der Waals surface area contributed by atoms with Gasteiger partial charge in [0.25, 0.3) is 0 Å². The van der Waals surface area contributed by atoms with Gasteiger partial charge in [0.05, 0.1) is 5.16 Å².